The highest BCUT2D eigenvalue weighted by atomic mass is 35.5. The molecule has 0 spiro atoms. The zero-order valence-electron chi connectivity index (χ0n) is 5.64. The highest BCUT2D eigenvalue weighted by Gasteiger charge is 2.15. The molecule has 1 N–H and O–H groups in total. The van der Waals surface area contributed by atoms with Crippen LogP contribution in [0, 0.1) is 0 Å². The summed E-state index contributed by atoms with van der Waals surface area (Å²) in [7, 11) is 0. The largest absolute Gasteiger partial charge is 0.506 e. The molecule has 0 bridgehead atoms. The minimum Gasteiger partial charge on any atom is -0.506 e. The van der Waals surface area contributed by atoms with Crippen LogP contribution in [0.2, 0.25) is 10.0 Å². The van der Waals surface area contributed by atoms with E-state index in [0.717, 1.165) is 0 Å². The lowest BCUT2D eigenvalue weighted by molar-refractivity contribution is 0.108. The highest BCUT2D eigenvalue weighted by Crippen LogP contribution is 2.33. The molecule has 2 nitrogen and oxygen atoms in total. The third-order valence-corrected chi connectivity index (χ3v) is 2.15. The first-order valence-electron chi connectivity index (χ1n) is 2.91. The smallest absolute Gasteiger partial charge is 0.255 e. The molecule has 0 aromatic heterocycles. The van der Waals surface area contributed by atoms with Crippen molar-refractivity contribution in [1.82, 2.24) is 0 Å². The van der Waals surface area contributed by atoms with Crippen molar-refractivity contribution < 1.29 is 9.90 Å². The van der Waals surface area contributed by atoms with Gasteiger partial charge in [0.25, 0.3) is 5.24 Å². The summed E-state index contributed by atoms with van der Waals surface area (Å²) < 4.78 is 0. The molecule has 0 fully saturated rings. The molecule has 1 rings (SSSR count). The molecule has 0 amide bonds. The quantitative estimate of drug-likeness (QED) is 0.746. The van der Waals surface area contributed by atoms with Crippen LogP contribution in [-0.2, 0) is 0 Å². The van der Waals surface area contributed by atoms with E-state index in [9.17, 15) is 4.79 Å². The fourth-order valence-corrected chi connectivity index (χ4v) is 1.56. The molecule has 1 aromatic carbocycles. The molecule has 0 aliphatic carbocycles. The Balaban J connectivity index is 3.43. The molecule has 0 saturated carbocycles. The Morgan fingerprint density at radius 1 is 1.33 bits per heavy atom. The van der Waals surface area contributed by atoms with Gasteiger partial charge >= 0.3 is 0 Å². The van der Waals surface area contributed by atoms with Crippen LogP contribution in [0.25, 0.3) is 0 Å². The van der Waals surface area contributed by atoms with Crippen molar-refractivity contribution in [1.29, 1.82) is 0 Å². The number of carbonyl (C=O) groups is 1. The van der Waals surface area contributed by atoms with Crippen LogP contribution in [0.4, 0.5) is 0 Å². The van der Waals surface area contributed by atoms with Gasteiger partial charge in [-0.3, -0.25) is 4.79 Å². The minimum absolute atomic E-state index is 0.0694. The molecule has 0 atom stereocenters. The van der Waals surface area contributed by atoms with Gasteiger partial charge in [0.2, 0.25) is 0 Å². The Morgan fingerprint density at radius 2 is 1.92 bits per heavy atom. The normalized spacial score (nSPS) is 9.92. The van der Waals surface area contributed by atoms with E-state index >= 15 is 0 Å². The van der Waals surface area contributed by atoms with Crippen molar-refractivity contribution in [3.05, 3.63) is 27.7 Å². The number of phenols is 1. The molecule has 0 aliphatic rings. The Hall–Kier alpha value is -0.440. The van der Waals surface area contributed by atoms with Gasteiger partial charge in [0.1, 0.15) is 5.75 Å². The maximum atomic E-state index is 10.7. The fraction of sp³-hybridized carbons (Fsp3) is 0. The Kier molecular flexibility index (Phi) is 2.83. The van der Waals surface area contributed by atoms with E-state index in [1.165, 1.54) is 12.1 Å². The summed E-state index contributed by atoms with van der Waals surface area (Å²) in [5.74, 6) is -0.218. The number of carbonyl (C=O) groups excluding carboxylic acids is 1. The number of hydrogen-bond donors (Lipinski definition) is 1. The number of phenolic OH excluding ortho intramolecular Hbond substituents is 1. The Morgan fingerprint density at radius 3 is 2.33 bits per heavy atom. The van der Waals surface area contributed by atoms with Gasteiger partial charge in [0.05, 0.1) is 15.6 Å². The van der Waals surface area contributed by atoms with E-state index in [-0.39, 0.29) is 21.4 Å². The van der Waals surface area contributed by atoms with Gasteiger partial charge in [-0.25, -0.2) is 0 Å². The number of halogens is 3. The summed E-state index contributed by atoms with van der Waals surface area (Å²) in [4.78, 5) is 10.7. The van der Waals surface area contributed by atoms with Crippen molar-refractivity contribution >= 4 is 40.0 Å². The van der Waals surface area contributed by atoms with Crippen molar-refractivity contribution in [2.45, 2.75) is 0 Å². The molecule has 0 aliphatic heterocycles. The second kappa shape index (κ2) is 3.52. The van der Waals surface area contributed by atoms with Gasteiger partial charge in [-0.1, -0.05) is 23.2 Å². The zero-order valence-corrected chi connectivity index (χ0v) is 7.91. The van der Waals surface area contributed by atoms with Gasteiger partial charge in [-0.05, 0) is 23.7 Å². The van der Waals surface area contributed by atoms with Crippen molar-refractivity contribution in [2.24, 2.45) is 0 Å². The minimum atomic E-state index is -0.791. The van der Waals surface area contributed by atoms with Gasteiger partial charge in [0, 0.05) is 0 Å². The average Bonchev–Trinajstić information content (AvgIpc) is 1.97. The molecule has 0 radical (unpaired) electrons. The molecular weight excluding hydrogens is 222 g/mol. The number of aromatic hydroxyl groups is 1. The maximum Gasteiger partial charge on any atom is 0.255 e. The number of benzene rings is 1. The molecule has 0 heterocycles. The highest BCUT2D eigenvalue weighted by molar-refractivity contribution is 6.70. The molecule has 0 unspecified atom stereocenters. The first-order chi connectivity index (χ1) is 5.54. The second-order valence-electron chi connectivity index (χ2n) is 2.03. The third kappa shape index (κ3) is 1.66. The summed E-state index contributed by atoms with van der Waals surface area (Å²) in [6.07, 6.45) is 0. The van der Waals surface area contributed by atoms with Crippen LogP contribution < -0.4 is 0 Å². The summed E-state index contributed by atoms with van der Waals surface area (Å²) in [5.41, 5.74) is -0.0694. The van der Waals surface area contributed by atoms with Crippen LogP contribution in [0.3, 0.4) is 0 Å². The standard InChI is InChI=1S/C7H3Cl3O2/c8-3-1-2-4(11)6(9)5(3)7(10)12/h1-2,11H. The van der Waals surface area contributed by atoms with E-state index in [0.29, 0.717) is 0 Å². The third-order valence-electron chi connectivity index (χ3n) is 1.27. The number of hydrogen-bond acceptors (Lipinski definition) is 2. The van der Waals surface area contributed by atoms with Gasteiger partial charge in [-0.15, -0.1) is 0 Å². The predicted octanol–water partition coefficient (Wildman–Crippen LogP) is 3.08. The van der Waals surface area contributed by atoms with E-state index in [1.54, 1.807) is 0 Å². The van der Waals surface area contributed by atoms with Crippen molar-refractivity contribution in [3.8, 4) is 5.75 Å². The van der Waals surface area contributed by atoms with E-state index < -0.39 is 5.24 Å². The van der Waals surface area contributed by atoms with Crippen LogP contribution in [-0.4, -0.2) is 10.3 Å². The Labute approximate surface area is 83.7 Å². The van der Waals surface area contributed by atoms with E-state index in [4.69, 9.17) is 39.9 Å². The molecule has 0 saturated heterocycles. The average molecular weight is 225 g/mol. The molecule has 1 aromatic rings. The first-order valence-corrected chi connectivity index (χ1v) is 4.04. The molecule has 5 heteroatoms. The van der Waals surface area contributed by atoms with Gasteiger partial charge in [-0.2, -0.15) is 0 Å². The SMILES string of the molecule is O=C(Cl)c1c(Cl)ccc(O)c1Cl. The van der Waals surface area contributed by atoms with Crippen molar-refractivity contribution in [2.75, 3.05) is 0 Å². The van der Waals surface area contributed by atoms with Crippen LogP contribution >= 0.6 is 34.8 Å². The Bertz CT molecular complexity index is 336. The summed E-state index contributed by atoms with van der Waals surface area (Å²) in [5, 5.41) is 8.28. The van der Waals surface area contributed by atoms with Crippen molar-refractivity contribution in [3.63, 3.8) is 0 Å². The van der Waals surface area contributed by atoms with E-state index in [1.807, 2.05) is 0 Å². The van der Waals surface area contributed by atoms with E-state index in [2.05, 4.69) is 0 Å². The molecule has 12 heavy (non-hydrogen) atoms. The monoisotopic (exact) mass is 224 g/mol. The lowest BCUT2D eigenvalue weighted by atomic mass is 10.2. The predicted molar refractivity (Wildman–Crippen MR) is 48.3 cm³/mol. The molecule has 64 valence electrons. The lowest BCUT2D eigenvalue weighted by Crippen LogP contribution is -1.91. The molecular formula is C7H3Cl3O2. The first kappa shape index (κ1) is 9.65. The summed E-state index contributed by atoms with van der Waals surface area (Å²) in [6.45, 7) is 0. The van der Waals surface area contributed by atoms with Crippen LogP contribution in [0.1, 0.15) is 10.4 Å². The summed E-state index contributed by atoms with van der Waals surface area (Å²) in [6, 6.07) is 2.63. The lowest BCUT2D eigenvalue weighted by Gasteiger charge is -2.02. The van der Waals surface area contributed by atoms with Gasteiger partial charge < -0.3 is 5.11 Å². The van der Waals surface area contributed by atoms with Crippen LogP contribution in [0.5, 0.6) is 5.75 Å². The number of rotatable bonds is 1. The zero-order chi connectivity index (χ0) is 9.30. The maximum absolute atomic E-state index is 10.7. The second-order valence-corrected chi connectivity index (χ2v) is 3.16. The summed E-state index contributed by atoms with van der Waals surface area (Å²) >= 11 is 16.3. The topological polar surface area (TPSA) is 37.3 Å². The van der Waals surface area contributed by atoms with Crippen LogP contribution in [0.15, 0.2) is 12.1 Å². The van der Waals surface area contributed by atoms with Gasteiger partial charge in [0.15, 0.2) is 0 Å². The fourth-order valence-electron chi connectivity index (χ4n) is 0.722.